The normalized spacial score (nSPS) is 56.7. The second kappa shape index (κ2) is 1.74. The molecule has 0 aromatic carbocycles. The first-order chi connectivity index (χ1) is 4.27. The molecule has 3 aliphatic rings. The average Bonchev–Trinajstić information content (AvgIpc) is 1.72. The zero-order chi connectivity index (χ0) is 6.43. The highest BCUT2D eigenvalue weighted by molar-refractivity contribution is 4.91. The second-order valence-corrected chi connectivity index (χ2v) is 4.17. The quantitative estimate of drug-likeness (QED) is 0.465. The minimum atomic E-state index is 1.03. The van der Waals surface area contributed by atoms with Crippen molar-refractivity contribution in [2.45, 2.75) is 33.1 Å². The van der Waals surface area contributed by atoms with Crippen molar-refractivity contribution in [2.75, 3.05) is 0 Å². The van der Waals surface area contributed by atoms with Crippen LogP contribution in [0.25, 0.3) is 0 Å². The molecule has 2 bridgehead atoms. The molecule has 0 aromatic rings. The third-order valence-electron chi connectivity index (χ3n) is 3.62. The van der Waals surface area contributed by atoms with Crippen LogP contribution in [0, 0.1) is 23.7 Å². The fraction of sp³-hybridized carbons (Fsp3) is 1.00. The maximum Gasteiger partial charge on any atom is -0.0381 e. The standard InChI is InChI=1S/C9H16/c1-6-3-8-4-9(5-8)7(6)2/h6-9H,3-5H2,1-2H3/t6-,7+,8?,9?/m0/s1. The van der Waals surface area contributed by atoms with Gasteiger partial charge in [0.25, 0.3) is 0 Å². The van der Waals surface area contributed by atoms with E-state index >= 15 is 0 Å². The van der Waals surface area contributed by atoms with Gasteiger partial charge in [-0.3, -0.25) is 0 Å². The largest absolute Gasteiger partial charge is 0.0622 e. The fourth-order valence-electron chi connectivity index (χ4n) is 2.61. The molecule has 0 heterocycles. The summed E-state index contributed by atoms with van der Waals surface area (Å²) in [4.78, 5) is 0. The molecule has 3 fully saturated rings. The highest BCUT2D eigenvalue weighted by Gasteiger charge is 2.41. The Balaban J connectivity index is 2.04. The van der Waals surface area contributed by atoms with Crippen LogP contribution in [0.2, 0.25) is 0 Å². The van der Waals surface area contributed by atoms with Crippen molar-refractivity contribution in [3.8, 4) is 0 Å². The third kappa shape index (κ3) is 0.720. The van der Waals surface area contributed by atoms with E-state index in [9.17, 15) is 0 Å². The molecule has 0 spiro atoms. The number of hydrogen-bond acceptors (Lipinski definition) is 0. The Morgan fingerprint density at radius 3 is 2.00 bits per heavy atom. The van der Waals surface area contributed by atoms with E-state index in [1.165, 1.54) is 6.42 Å². The van der Waals surface area contributed by atoms with Gasteiger partial charge in [0.2, 0.25) is 0 Å². The van der Waals surface area contributed by atoms with E-state index in [1.807, 2.05) is 0 Å². The maximum atomic E-state index is 2.44. The van der Waals surface area contributed by atoms with E-state index in [0.29, 0.717) is 0 Å². The van der Waals surface area contributed by atoms with Crippen molar-refractivity contribution in [2.24, 2.45) is 23.7 Å². The third-order valence-corrected chi connectivity index (χ3v) is 3.62. The minimum absolute atomic E-state index is 1.03. The first-order valence-electron chi connectivity index (χ1n) is 4.27. The van der Waals surface area contributed by atoms with Gasteiger partial charge in [0.1, 0.15) is 0 Å². The molecule has 3 rings (SSSR count). The van der Waals surface area contributed by atoms with E-state index in [-0.39, 0.29) is 0 Å². The summed E-state index contributed by atoms with van der Waals surface area (Å²) in [6, 6.07) is 0. The number of rotatable bonds is 0. The average molecular weight is 124 g/mol. The summed E-state index contributed by atoms with van der Waals surface area (Å²) >= 11 is 0. The lowest BCUT2D eigenvalue weighted by Crippen LogP contribution is -2.39. The first kappa shape index (κ1) is 5.76. The van der Waals surface area contributed by atoms with Gasteiger partial charge < -0.3 is 0 Å². The molecular weight excluding hydrogens is 108 g/mol. The van der Waals surface area contributed by atoms with Gasteiger partial charge in [-0.2, -0.15) is 0 Å². The summed E-state index contributed by atoms with van der Waals surface area (Å²) in [5.41, 5.74) is 0. The van der Waals surface area contributed by atoms with E-state index in [0.717, 1.165) is 23.7 Å². The molecule has 0 aromatic heterocycles. The van der Waals surface area contributed by atoms with Crippen LogP contribution in [-0.4, -0.2) is 0 Å². The Bertz CT molecular complexity index is 109. The Kier molecular flexibility index (Phi) is 1.12. The molecule has 2 atom stereocenters. The molecule has 9 heavy (non-hydrogen) atoms. The molecule has 52 valence electrons. The smallest absolute Gasteiger partial charge is 0.0381 e. The van der Waals surface area contributed by atoms with Crippen LogP contribution >= 0.6 is 0 Å². The van der Waals surface area contributed by atoms with Crippen LogP contribution < -0.4 is 0 Å². The number of hydrogen-bond donors (Lipinski definition) is 0. The zero-order valence-corrected chi connectivity index (χ0v) is 6.43. The lowest BCUT2D eigenvalue weighted by atomic mass is 9.57. The first-order valence-corrected chi connectivity index (χ1v) is 4.27. The van der Waals surface area contributed by atoms with Gasteiger partial charge in [0.05, 0.1) is 0 Å². The number of fused-ring (bicyclic) bond motifs is 2. The molecule has 0 unspecified atom stereocenters. The predicted octanol–water partition coefficient (Wildman–Crippen LogP) is 2.69. The van der Waals surface area contributed by atoms with Crippen molar-refractivity contribution in [3.05, 3.63) is 0 Å². The summed E-state index contributed by atoms with van der Waals surface area (Å²) in [7, 11) is 0. The van der Waals surface area contributed by atoms with Crippen LogP contribution in [0.1, 0.15) is 33.1 Å². The van der Waals surface area contributed by atoms with E-state index < -0.39 is 0 Å². The molecule has 0 radical (unpaired) electrons. The van der Waals surface area contributed by atoms with Crippen LogP contribution in [0.15, 0.2) is 0 Å². The van der Waals surface area contributed by atoms with Crippen molar-refractivity contribution < 1.29 is 0 Å². The Hall–Kier alpha value is 0. The molecule has 3 saturated carbocycles. The van der Waals surface area contributed by atoms with Gasteiger partial charge in [0.15, 0.2) is 0 Å². The van der Waals surface area contributed by atoms with Crippen molar-refractivity contribution in [3.63, 3.8) is 0 Å². The Morgan fingerprint density at radius 2 is 1.67 bits per heavy atom. The summed E-state index contributed by atoms with van der Waals surface area (Å²) in [6.07, 6.45) is 4.65. The lowest BCUT2D eigenvalue weighted by molar-refractivity contribution is 0.0154. The van der Waals surface area contributed by atoms with Crippen LogP contribution in [0.5, 0.6) is 0 Å². The summed E-state index contributed by atoms with van der Waals surface area (Å²) in [5.74, 6) is 4.33. The summed E-state index contributed by atoms with van der Waals surface area (Å²) in [5, 5.41) is 0. The van der Waals surface area contributed by atoms with E-state index in [2.05, 4.69) is 13.8 Å². The molecule has 0 aliphatic heterocycles. The van der Waals surface area contributed by atoms with Gasteiger partial charge in [-0.15, -0.1) is 0 Å². The van der Waals surface area contributed by atoms with Crippen molar-refractivity contribution in [1.82, 2.24) is 0 Å². The lowest BCUT2D eigenvalue weighted by Gasteiger charge is -2.49. The topological polar surface area (TPSA) is 0 Å². The Morgan fingerprint density at radius 1 is 1.00 bits per heavy atom. The van der Waals surface area contributed by atoms with E-state index in [1.54, 1.807) is 12.8 Å². The molecule has 3 aliphatic carbocycles. The molecule has 0 nitrogen and oxygen atoms in total. The van der Waals surface area contributed by atoms with Gasteiger partial charge >= 0.3 is 0 Å². The summed E-state index contributed by atoms with van der Waals surface area (Å²) in [6.45, 7) is 4.85. The van der Waals surface area contributed by atoms with Gasteiger partial charge in [-0.25, -0.2) is 0 Å². The van der Waals surface area contributed by atoms with Gasteiger partial charge in [-0.05, 0) is 42.9 Å². The molecule has 0 amide bonds. The Labute approximate surface area is 57.6 Å². The molecule has 0 heteroatoms. The van der Waals surface area contributed by atoms with Crippen LogP contribution in [-0.2, 0) is 0 Å². The minimum Gasteiger partial charge on any atom is -0.0622 e. The van der Waals surface area contributed by atoms with Crippen molar-refractivity contribution in [1.29, 1.82) is 0 Å². The summed E-state index contributed by atoms with van der Waals surface area (Å²) < 4.78 is 0. The molecule has 0 saturated heterocycles. The monoisotopic (exact) mass is 124 g/mol. The van der Waals surface area contributed by atoms with Crippen molar-refractivity contribution >= 4 is 0 Å². The van der Waals surface area contributed by atoms with E-state index in [4.69, 9.17) is 0 Å². The molecular formula is C9H16. The fourth-order valence-corrected chi connectivity index (χ4v) is 2.61. The van der Waals surface area contributed by atoms with Gasteiger partial charge in [-0.1, -0.05) is 13.8 Å². The SMILES string of the molecule is C[C@H]1CC2CC(C2)[C@@H]1C. The van der Waals surface area contributed by atoms with Gasteiger partial charge in [0, 0.05) is 0 Å². The predicted molar refractivity (Wildman–Crippen MR) is 39.2 cm³/mol. The highest BCUT2D eigenvalue weighted by Crippen LogP contribution is 2.51. The zero-order valence-electron chi connectivity index (χ0n) is 6.43. The molecule has 0 N–H and O–H groups in total. The maximum absolute atomic E-state index is 2.44. The van der Waals surface area contributed by atoms with Crippen LogP contribution in [0.4, 0.5) is 0 Å². The second-order valence-electron chi connectivity index (χ2n) is 4.17. The van der Waals surface area contributed by atoms with Crippen LogP contribution in [0.3, 0.4) is 0 Å². The highest BCUT2D eigenvalue weighted by atomic mass is 14.5.